The van der Waals surface area contributed by atoms with Gasteiger partial charge in [0.25, 0.3) is 5.91 Å². The number of carboxylic acid groups (broad SMARTS) is 2. The SMILES string of the molecule is CSCC[C@H](NC(=O)c1ccc(NC(=O)[C@@H]2CC(O)CN2)cc1-c1ccccc1)C(=O)O.O=C(O)C(F)(F)F. The topological polar surface area (TPSA) is 165 Å². The van der Waals surface area contributed by atoms with E-state index in [4.69, 9.17) is 9.90 Å². The molecule has 0 aliphatic carbocycles. The van der Waals surface area contributed by atoms with Crippen LogP contribution in [0, 0.1) is 0 Å². The van der Waals surface area contributed by atoms with E-state index >= 15 is 0 Å². The average molecular weight is 572 g/mol. The quantitative estimate of drug-likeness (QED) is 0.265. The van der Waals surface area contributed by atoms with Crippen LogP contribution in [0.5, 0.6) is 0 Å². The van der Waals surface area contributed by atoms with Gasteiger partial charge in [-0.15, -0.1) is 0 Å². The van der Waals surface area contributed by atoms with Crippen LogP contribution in [0.2, 0.25) is 0 Å². The van der Waals surface area contributed by atoms with Gasteiger partial charge in [-0.2, -0.15) is 24.9 Å². The molecule has 1 unspecified atom stereocenters. The number of hydrogen-bond acceptors (Lipinski definition) is 7. The molecular formula is C25H28F3N3O7S. The van der Waals surface area contributed by atoms with E-state index in [0.717, 1.165) is 5.56 Å². The largest absolute Gasteiger partial charge is 0.490 e. The number of aliphatic hydroxyl groups excluding tert-OH is 1. The molecule has 2 aromatic carbocycles. The van der Waals surface area contributed by atoms with Crippen LogP contribution in [-0.4, -0.2) is 82.0 Å². The Morgan fingerprint density at radius 3 is 2.26 bits per heavy atom. The molecule has 39 heavy (non-hydrogen) atoms. The third-order valence-electron chi connectivity index (χ3n) is 5.50. The molecule has 1 saturated heterocycles. The average Bonchev–Trinajstić information content (AvgIpc) is 3.33. The van der Waals surface area contributed by atoms with Crippen LogP contribution in [0.1, 0.15) is 23.2 Å². The number of rotatable bonds is 9. The molecule has 3 rings (SSSR count). The van der Waals surface area contributed by atoms with Crippen LogP contribution in [0.4, 0.5) is 18.9 Å². The van der Waals surface area contributed by atoms with Crippen molar-refractivity contribution in [1.82, 2.24) is 10.6 Å². The van der Waals surface area contributed by atoms with Gasteiger partial charge in [0.2, 0.25) is 5.91 Å². The van der Waals surface area contributed by atoms with Gasteiger partial charge >= 0.3 is 18.1 Å². The molecule has 0 spiro atoms. The van der Waals surface area contributed by atoms with Crippen LogP contribution >= 0.6 is 11.8 Å². The van der Waals surface area contributed by atoms with Crippen molar-refractivity contribution in [3.8, 4) is 11.1 Å². The lowest BCUT2D eigenvalue weighted by atomic mass is 9.98. The maximum Gasteiger partial charge on any atom is 0.490 e. The fourth-order valence-corrected chi connectivity index (χ4v) is 4.02. The second-order valence-corrected chi connectivity index (χ2v) is 9.40. The fourth-order valence-electron chi connectivity index (χ4n) is 3.55. The Kier molecular flexibility index (Phi) is 11.8. The van der Waals surface area contributed by atoms with Gasteiger partial charge < -0.3 is 31.3 Å². The lowest BCUT2D eigenvalue weighted by Crippen LogP contribution is -2.41. The first-order valence-corrected chi connectivity index (χ1v) is 13.0. The second-order valence-electron chi connectivity index (χ2n) is 8.41. The van der Waals surface area contributed by atoms with Gasteiger partial charge in [0.05, 0.1) is 12.1 Å². The highest BCUT2D eigenvalue weighted by Crippen LogP contribution is 2.28. The number of carbonyl (C=O) groups excluding carboxylic acids is 2. The number of β-amino-alcohol motifs (C(OH)–C–C–N with tert-alkyl or cyclic N) is 1. The molecule has 212 valence electrons. The maximum atomic E-state index is 13.0. The highest BCUT2D eigenvalue weighted by molar-refractivity contribution is 7.98. The van der Waals surface area contributed by atoms with Crippen LogP contribution in [0.25, 0.3) is 11.1 Å². The van der Waals surface area contributed by atoms with E-state index < -0.39 is 42.2 Å². The van der Waals surface area contributed by atoms with Crippen molar-refractivity contribution in [3.05, 3.63) is 54.1 Å². The summed E-state index contributed by atoms with van der Waals surface area (Å²) in [4.78, 5) is 46.0. The number of aliphatic carboxylic acids is 2. The Labute approximate surface area is 226 Å². The Morgan fingerprint density at radius 1 is 1.10 bits per heavy atom. The minimum Gasteiger partial charge on any atom is -0.480 e. The molecule has 0 aromatic heterocycles. The number of alkyl halides is 3. The normalized spacial score (nSPS) is 17.4. The van der Waals surface area contributed by atoms with Crippen molar-refractivity contribution in [1.29, 1.82) is 0 Å². The number of anilines is 1. The van der Waals surface area contributed by atoms with Crippen molar-refractivity contribution < 1.29 is 47.7 Å². The minimum absolute atomic E-state index is 0.263. The number of carbonyl (C=O) groups is 4. The van der Waals surface area contributed by atoms with Gasteiger partial charge in [-0.25, -0.2) is 9.59 Å². The van der Waals surface area contributed by atoms with Gasteiger partial charge in [0.1, 0.15) is 6.04 Å². The molecule has 0 bridgehead atoms. The first kappa shape index (κ1) is 31.6. The van der Waals surface area contributed by atoms with Crippen molar-refractivity contribution >= 4 is 41.2 Å². The fraction of sp³-hybridized carbons (Fsp3) is 0.360. The summed E-state index contributed by atoms with van der Waals surface area (Å²) >= 11 is 1.51. The van der Waals surface area contributed by atoms with E-state index in [1.165, 1.54) is 11.8 Å². The molecule has 14 heteroatoms. The number of hydrogen-bond donors (Lipinski definition) is 6. The van der Waals surface area contributed by atoms with E-state index in [2.05, 4.69) is 16.0 Å². The maximum absolute atomic E-state index is 13.0. The van der Waals surface area contributed by atoms with E-state index in [9.17, 15) is 37.8 Å². The predicted octanol–water partition coefficient (Wildman–Crippen LogP) is 2.58. The van der Waals surface area contributed by atoms with E-state index in [1.54, 1.807) is 18.2 Å². The summed E-state index contributed by atoms with van der Waals surface area (Å²) in [5.41, 5.74) is 2.17. The van der Waals surface area contributed by atoms with Crippen LogP contribution < -0.4 is 16.0 Å². The Hall–Kier alpha value is -3.62. The number of amides is 2. The number of thioether (sulfide) groups is 1. The molecule has 1 heterocycles. The number of nitrogens with one attached hydrogen (secondary N) is 3. The summed E-state index contributed by atoms with van der Waals surface area (Å²) in [5, 5.41) is 34.6. The van der Waals surface area contributed by atoms with Gasteiger partial charge in [-0.05, 0) is 54.2 Å². The molecule has 1 aliphatic rings. The summed E-state index contributed by atoms with van der Waals surface area (Å²) < 4.78 is 31.7. The third-order valence-corrected chi connectivity index (χ3v) is 6.14. The van der Waals surface area contributed by atoms with Gasteiger partial charge in [0, 0.05) is 17.8 Å². The zero-order valence-corrected chi connectivity index (χ0v) is 21.5. The molecule has 2 amide bonds. The molecule has 1 aliphatic heterocycles. The van der Waals surface area contributed by atoms with Crippen molar-refractivity contribution in [3.63, 3.8) is 0 Å². The van der Waals surface area contributed by atoms with Gasteiger partial charge in [-0.3, -0.25) is 9.59 Å². The lowest BCUT2D eigenvalue weighted by molar-refractivity contribution is -0.192. The zero-order chi connectivity index (χ0) is 29.2. The standard InChI is InChI=1S/C23H27N3O5S.C2HF3O2/c1-32-10-9-19(23(30)31)26-21(28)17-8-7-15(11-18(17)14-5-3-2-4-6-14)25-22(29)20-12-16(27)13-24-20;3-2(4,5)1(6)7/h2-8,11,16,19-20,24,27H,9-10,12-13H2,1H3,(H,25,29)(H,26,28)(H,30,31);(H,6,7)/t16?,19-,20-;/m0./s1. The summed E-state index contributed by atoms with van der Waals surface area (Å²) in [6, 6.07) is 12.6. The smallest absolute Gasteiger partial charge is 0.480 e. The predicted molar refractivity (Wildman–Crippen MR) is 139 cm³/mol. The summed E-state index contributed by atoms with van der Waals surface area (Å²) in [7, 11) is 0. The van der Waals surface area contributed by atoms with Crippen molar-refractivity contribution in [2.45, 2.75) is 37.2 Å². The number of carboxylic acids is 2. The molecule has 10 nitrogen and oxygen atoms in total. The molecule has 1 fully saturated rings. The molecule has 3 atom stereocenters. The first-order valence-electron chi connectivity index (χ1n) is 11.6. The summed E-state index contributed by atoms with van der Waals surface area (Å²) in [6.45, 7) is 0.369. The third kappa shape index (κ3) is 9.89. The molecule has 0 radical (unpaired) electrons. The molecule has 2 aromatic rings. The molecule has 0 saturated carbocycles. The summed E-state index contributed by atoms with van der Waals surface area (Å²) in [5.74, 6) is -3.98. The summed E-state index contributed by atoms with van der Waals surface area (Å²) in [6.07, 6.45) is -3.10. The van der Waals surface area contributed by atoms with E-state index in [0.29, 0.717) is 42.0 Å². The Morgan fingerprint density at radius 2 is 1.74 bits per heavy atom. The highest BCUT2D eigenvalue weighted by Gasteiger charge is 2.38. The molecular weight excluding hydrogens is 543 g/mol. The molecule has 6 N–H and O–H groups in total. The second kappa shape index (κ2) is 14.5. The lowest BCUT2D eigenvalue weighted by Gasteiger charge is -2.17. The number of halogens is 3. The van der Waals surface area contributed by atoms with E-state index in [1.807, 2.05) is 36.6 Å². The first-order chi connectivity index (χ1) is 18.3. The van der Waals surface area contributed by atoms with Crippen molar-refractivity contribution in [2.24, 2.45) is 0 Å². The van der Waals surface area contributed by atoms with Crippen LogP contribution in [0.15, 0.2) is 48.5 Å². The highest BCUT2D eigenvalue weighted by atomic mass is 32.2. The van der Waals surface area contributed by atoms with E-state index in [-0.39, 0.29) is 5.91 Å². The van der Waals surface area contributed by atoms with Gasteiger partial charge in [0.15, 0.2) is 0 Å². The zero-order valence-electron chi connectivity index (χ0n) is 20.7. The van der Waals surface area contributed by atoms with Crippen LogP contribution in [-0.2, 0) is 14.4 Å². The van der Waals surface area contributed by atoms with Crippen LogP contribution in [0.3, 0.4) is 0 Å². The Balaban J connectivity index is 0.000000673. The van der Waals surface area contributed by atoms with Gasteiger partial charge in [-0.1, -0.05) is 30.3 Å². The Bertz CT molecular complexity index is 1170. The monoisotopic (exact) mass is 571 g/mol. The minimum atomic E-state index is -5.08. The van der Waals surface area contributed by atoms with Crippen molar-refractivity contribution in [2.75, 3.05) is 23.9 Å². The number of aliphatic hydroxyl groups is 1. The number of benzene rings is 2.